The van der Waals surface area contributed by atoms with E-state index in [-0.39, 0.29) is 11.4 Å². The number of anilines is 1. The van der Waals surface area contributed by atoms with Gasteiger partial charge in [-0.1, -0.05) is 6.92 Å². The molecule has 1 fully saturated rings. The lowest BCUT2D eigenvalue weighted by atomic mass is 10.3. The van der Waals surface area contributed by atoms with E-state index in [0.717, 1.165) is 22.2 Å². The smallest absolute Gasteiger partial charge is 0.135 e. The van der Waals surface area contributed by atoms with Crippen LogP contribution < -0.4 is 5.32 Å². The molecule has 0 saturated heterocycles. The molecule has 1 aliphatic rings. The summed E-state index contributed by atoms with van der Waals surface area (Å²) in [4.78, 5) is 9.23. The van der Waals surface area contributed by atoms with E-state index >= 15 is 0 Å². The predicted octanol–water partition coefficient (Wildman–Crippen LogP) is 2.57. The van der Waals surface area contributed by atoms with Gasteiger partial charge in [0.2, 0.25) is 0 Å². The SMILES string of the molecule is CNc1nc(C2CC2)nc(SC(C)C(C)O)c1C. The summed E-state index contributed by atoms with van der Waals surface area (Å²) >= 11 is 1.63. The molecule has 0 aromatic carbocycles. The predicted molar refractivity (Wildman–Crippen MR) is 75.3 cm³/mol. The maximum Gasteiger partial charge on any atom is 0.135 e. The summed E-state index contributed by atoms with van der Waals surface area (Å²) in [5.41, 5.74) is 1.07. The molecule has 0 aliphatic heterocycles. The lowest BCUT2D eigenvalue weighted by Crippen LogP contribution is -2.16. The van der Waals surface area contributed by atoms with Gasteiger partial charge in [0.05, 0.1) is 6.10 Å². The first kappa shape index (κ1) is 13.6. The minimum atomic E-state index is -0.341. The zero-order valence-electron chi connectivity index (χ0n) is 11.4. The summed E-state index contributed by atoms with van der Waals surface area (Å²) in [5.74, 6) is 2.40. The number of thioether (sulfide) groups is 1. The van der Waals surface area contributed by atoms with Crippen LogP contribution in [0.15, 0.2) is 5.03 Å². The Balaban J connectivity index is 2.29. The van der Waals surface area contributed by atoms with Crippen molar-refractivity contribution >= 4 is 17.6 Å². The van der Waals surface area contributed by atoms with Crippen LogP contribution in [0.2, 0.25) is 0 Å². The van der Waals surface area contributed by atoms with Crippen LogP contribution >= 0.6 is 11.8 Å². The molecule has 18 heavy (non-hydrogen) atoms. The second-order valence-corrected chi connectivity index (χ2v) is 6.31. The molecule has 2 N–H and O–H groups in total. The normalized spacial score (nSPS) is 18.5. The molecule has 0 radical (unpaired) electrons. The second-order valence-electron chi connectivity index (χ2n) is 4.95. The third-order valence-electron chi connectivity index (χ3n) is 3.27. The van der Waals surface area contributed by atoms with Crippen LogP contribution in [0.1, 0.15) is 44.0 Å². The Hall–Kier alpha value is -0.810. The number of nitrogens with zero attached hydrogens (tertiary/aromatic N) is 2. The standard InChI is InChI=1S/C13H21N3OS/c1-7-11(14-4)15-12(10-5-6-10)16-13(7)18-9(3)8(2)17/h8-10,17H,5-6H2,1-4H3,(H,14,15,16). The van der Waals surface area contributed by atoms with Crippen LogP contribution in [0.25, 0.3) is 0 Å². The quantitative estimate of drug-likeness (QED) is 0.634. The Morgan fingerprint density at radius 2 is 2.00 bits per heavy atom. The zero-order chi connectivity index (χ0) is 13.3. The first-order valence-corrected chi connectivity index (χ1v) is 7.32. The van der Waals surface area contributed by atoms with Crippen molar-refractivity contribution in [3.8, 4) is 0 Å². The second kappa shape index (κ2) is 5.45. The summed E-state index contributed by atoms with van der Waals surface area (Å²) in [7, 11) is 1.89. The third kappa shape index (κ3) is 2.95. The van der Waals surface area contributed by atoms with Crippen LogP contribution in [0, 0.1) is 6.92 Å². The molecule has 0 spiro atoms. The van der Waals surface area contributed by atoms with E-state index in [4.69, 9.17) is 0 Å². The van der Waals surface area contributed by atoms with Crippen molar-refractivity contribution in [1.82, 2.24) is 9.97 Å². The van der Waals surface area contributed by atoms with Crippen LogP contribution in [0.4, 0.5) is 5.82 Å². The molecule has 2 atom stereocenters. The third-order valence-corrected chi connectivity index (χ3v) is 4.66. The lowest BCUT2D eigenvalue weighted by molar-refractivity contribution is 0.196. The van der Waals surface area contributed by atoms with E-state index in [9.17, 15) is 5.11 Å². The Bertz CT molecular complexity index is 432. The highest BCUT2D eigenvalue weighted by molar-refractivity contribution is 7.99. The Kier molecular flexibility index (Phi) is 4.12. The summed E-state index contributed by atoms with van der Waals surface area (Å²) in [5, 5.41) is 13.9. The van der Waals surface area contributed by atoms with Crippen molar-refractivity contribution in [2.24, 2.45) is 0 Å². The van der Waals surface area contributed by atoms with Gasteiger partial charge in [0.1, 0.15) is 16.7 Å². The van der Waals surface area contributed by atoms with Crippen molar-refractivity contribution in [1.29, 1.82) is 0 Å². The van der Waals surface area contributed by atoms with Crippen molar-refractivity contribution in [3.05, 3.63) is 11.4 Å². The van der Waals surface area contributed by atoms with E-state index in [1.807, 2.05) is 27.8 Å². The first-order chi connectivity index (χ1) is 8.52. The van der Waals surface area contributed by atoms with E-state index in [1.54, 1.807) is 11.8 Å². The largest absolute Gasteiger partial charge is 0.392 e. The van der Waals surface area contributed by atoms with E-state index < -0.39 is 0 Å². The molecule has 1 aromatic heterocycles. The van der Waals surface area contributed by atoms with Gasteiger partial charge in [-0.05, 0) is 26.7 Å². The Morgan fingerprint density at radius 1 is 1.33 bits per heavy atom. The molecule has 4 nitrogen and oxygen atoms in total. The molecule has 100 valence electrons. The average Bonchev–Trinajstić information content (AvgIpc) is 3.15. The van der Waals surface area contributed by atoms with Gasteiger partial charge in [-0.15, -0.1) is 11.8 Å². The highest BCUT2D eigenvalue weighted by atomic mass is 32.2. The molecule has 1 heterocycles. The lowest BCUT2D eigenvalue weighted by Gasteiger charge is -2.17. The van der Waals surface area contributed by atoms with Crippen LogP contribution in [-0.4, -0.2) is 33.5 Å². The Labute approximate surface area is 113 Å². The monoisotopic (exact) mass is 267 g/mol. The van der Waals surface area contributed by atoms with Gasteiger partial charge < -0.3 is 10.4 Å². The number of rotatable bonds is 5. The number of nitrogens with one attached hydrogen (secondary N) is 1. The number of aromatic nitrogens is 2. The molecule has 1 aliphatic carbocycles. The molecule has 2 unspecified atom stereocenters. The van der Waals surface area contributed by atoms with Gasteiger partial charge >= 0.3 is 0 Å². The summed E-state index contributed by atoms with van der Waals surface area (Å²) in [6, 6.07) is 0. The number of hydrogen-bond donors (Lipinski definition) is 2. The highest BCUT2D eigenvalue weighted by Crippen LogP contribution is 2.40. The summed E-state index contributed by atoms with van der Waals surface area (Å²) in [6.07, 6.45) is 2.05. The molecule has 2 rings (SSSR count). The van der Waals surface area contributed by atoms with Gasteiger partial charge in [0, 0.05) is 23.8 Å². The van der Waals surface area contributed by atoms with Gasteiger partial charge in [-0.3, -0.25) is 0 Å². The fourth-order valence-electron chi connectivity index (χ4n) is 1.67. The van der Waals surface area contributed by atoms with Gasteiger partial charge in [0.25, 0.3) is 0 Å². The van der Waals surface area contributed by atoms with E-state index in [1.165, 1.54) is 12.8 Å². The van der Waals surface area contributed by atoms with Gasteiger partial charge in [-0.2, -0.15) is 0 Å². The van der Waals surface area contributed by atoms with Crippen LogP contribution in [0.5, 0.6) is 0 Å². The Morgan fingerprint density at radius 3 is 2.50 bits per heavy atom. The zero-order valence-corrected chi connectivity index (χ0v) is 12.2. The first-order valence-electron chi connectivity index (χ1n) is 6.44. The number of aliphatic hydroxyl groups excluding tert-OH is 1. The molecule has 0 bridgehead atoms. The number of hydrogen-bond acceptors (Lipinski definition) is 5. The molecule has 1 aromatic rings. The summed E-state index contributed by atoms with van der Waals surface area (Å²) < 4.78 is 0. The number of aliphatic hydroxyl groups is 1. The maximum absolute atomic E-state index is 9.61. The molecule has 0 amide bonds. The maximum atomic E-state index is 9.61. The molecular weight excluding hydrogens is 246 g/mol. The van der Waals surface area contributed by atoms with Crippen molar-refractivity contribution in [3.63, 3.8) is 0 Å². The van der Waals surface area contributed by atoms with Crippen LogP contribution in [0.3, 0.4) is 0 Å². The minimum absolute atomic E-state index is 0.135. The van der Waals surface area contributed by atoms with Crippen molar-refractivity contribution in [2.45, 2.75) is 55.9 Å². The molecular formula is C13H21N3OS. The summed E-state index contributed by atoms with van der Waals surface area (Å²) in [6.45, 7) is 5.86. The van der Waals surface area contributed by atoms with Crippen molar-refractivity contribution in [2.75, 3.05) is 12.4 Å². The molecule has 5 heteroatoms. The molecule has 1 saturated carbocycles. The minimum Gasteiger partial charge on any atom is -0.392 e. The topological polar surface area (TPSA) is 58.0 Å². The fraction of sp³-hybridized carbons (Fsp3) is 0.692. The van der Waals surface area contributed by atoms with Gasteiger partial charge in [0.15, 0.2) is 0 Å². The van der Waals surface area contributed by atoms with Crippen molar-refractivity contribution < 1.29 is 5.11 Å². The van der Waals surface area contributed by atoms with Crippen LogP contribution in [-0.2, 0) is 0 Å². The highest BCUT2D eigenvalue weighted by Gasteiger charge is 2.28. The average molecular weight is 267 g/mol. The van der Waals surface area contributed by atoms with Gasteiger partial charge in [-0.25, -0.2) is 9.97 Å². The van der Waals surface area contributed by atoms with E-state index in [0.29, 0.717) is 5.92 Å². The van der Waals surface area contributed by atoms with E-state index in [2.05, 4.69) is 15.3 Å². The fourth-order valence-corrected chi connectivity index (χ4v) is 2.64.